The molecule has 7 heteroatoms. The molecule has 112 valence electrons. The lowest BCUT2D eigenvalue weighted by molar-refractivity contribution is -0.385. The lowest BCUT2D eigenvalue weighted by atomic mass is 9.75. The summed E-state index contributed by atoms with van der Waals surface area (Å²) in [5, 5.41) is 13.9. The quantitative estimate of drug-likeness (QED) is 0.509. The standard InChI is InChI=1S/C14H16N2O5/c1-3-14(8-11(17)21-4-2)12-9(15-13(14)18)6-5-7-10(12)16(19)20/h5-7H,3-4,8H2,1-2H3,(H,15,18). The fourth-order valence-corrected chi connectivity index (χ4v) is 2.74. The number of fused-ring (bicyclic) bond motifs is 1. The van der Waals surface area contributed by atoms with Crippen LogP contribution in [0.3, 0.4) is 0 Å². The lowest BCUT2D eigenvalue weighted by Gasteiger charge is -2.24. The summed E-state index contributed by atoms with van der Waals surface area (Å²) >= 11 is 0. The van der Waals surface area contributed by atoms with Crippen LogP contribution < -0.4 is 5.32 Å². The van der Waals surface area contributed by atoms with Crippen LogP contribution in [0.25, 0.3) is 0 Å². The summed E-state index contributed by atoms with van der Waals surface area (Å²) in [5.41, 5.74) is -0.737. The van der Waals surface area contributed by atoms with Gasteiger partial charge >= 0.3 is 5.97 Å². The zero-order valence-electron chi connectivity index (χ0n) is 11.8. The molecule has 1 atom stereocenters. The molecule has 0 aliphatic carbocycles. The van der Waals surface area contributed by atoms with Gasteiger partial charge in [0.15, 0.2) is 0 Å². The molecule has 1 aliphatic rings. The predicted octanol–water partition coefficient (Wildman–Crippen LogP) is 2.15. The summed E-state index contributed by atoms with van der Waals surface area (Å²) in [6.45, 7) is 3.59. The third-order valence-corrected chi connectivity index (χ3v) is 3.76. The number of amides is 1. The Bertz CT molecular complexity index is 613. The van der Waals surface area contributed by atoms with Gasteiger partial charge in [-0.25, -0.2) is 0 Å². The van der Waals surface area contributed by atoms with E-state index in [2.05, 4.69) is 5.32 Å². The molecule has 0 spiro atoms. The monoisotopic (exact) mass is 292 g/mol. The van der Waals surface area contributed by atoms with Crippen molar-refractivity contribution in [2.24, 2.45) is 0 Å². The smallest absolute Gasteiger partial charge is 0.307 e. The van der Waals surface area contributed by atoms with Crippen molar-refractivity contribution in [3.8, 4) is 0 Å². The number of hydrogen-bond acceptors (Lipinski definition) is 5. The van der Waals surface area contributed by atoms with Crippen molar-refractivity contribution in [1.82, 2.24) is 0 Å². The number of nitro groups is 1. The van der Waals surface area contributed by atoms with Crippen molar-refractivity contribution >= 4 is 23.3 Å². The van der Waals surface area contributed by atoms with Crippen molar-refractivity contribution in [3.63, 3.8) is 0 Å². The first kappa shape index (κ1) is 15.0. The number of nitro benzene ring substituents is 1. The second kappa shape index (κ2) is 5.51. The van der Waals surface area contributed by atoms with Crippen LogP contribution >= 0.6 is 0 Å². The summed E-state index contributed by atoms with van der Waals surface area (Å²) in [4.78, 5) is 34.9. The third kappa shape index (κ3) is 2.35. The highest BCUT2D eigenvalue weighted by Crippen LogP contribution is 2.47. The Balaban J connectivity index is 2.56. The molecular formula is C14H16N2O5. The van der Waals surface area contributed by atoms with Gasteiger partial charge in [-0.15, -0.1) is 0 Å². The van der Waals surface area contributed by atoms with Crippen LogP contribution in [0.1, 0.15) is 32.3 Å². The largest absolute Gasteiger partial charge is 0.466 e. The number of esters is 1. The molecule has 1 aromatic rings. The van der Waals surface area contributed by atoms with E-state index in [-0.39, 0.29) is 30.7 Å². The highest BCUT2D eigenvalue weighted by atomic mass is 16.6. The minimum atomic E-state index is -1.24. The van der Waals surface area contributed by atoms with Gasteiger partial charge in [0.05, 0.1) is 34.6 Å². The Morgan fingerprint density at radius 1 is 1.43 bits per heavy atom. The van der Waals surface area contributed by atoms with Crippen LogP contribution in [-0.4, -0.2) is 23.4 Å². The summed E-state index contributed by atoms with van der Waals surface area (Å²) in [6, 6.07) is 4.45. The Kier molecular flexibility index (Phi) is 3.93. The molecule has 1 unspecified atom stereocenters. The second-order valence-corrected chi connectivity index (χ2v) is 4.83. The molecule has 21 heavy (non-hydrogen) atoms. The van der Waals surface area contributed by atoms with Gasteiger partial charge in [-0.1, -0.05) is 13.0 Å². The maximum Gasteiger partial charge on any atom is 0.307 e. The van der Waals surface area contributed by atoms with E-state index in [1.54, 1.807) is 19.9 Å². The Morgan fingerprint density at radius 3 is 2.71 bits per heavy atom. The Hall–Kier alpha value is -2.44. The summed E-state index contributed by atoms with van der Waals surface area (Å²) in [7, 11) is 0. The second-order valence-electron chi connectivity index (χ2n) is 4.83. The van der Waals surface area contributed by atoms with Crippen LogP contribution in [0.15, 0.2) is 18.2 Å². The van der Waals surface area contributed by atoms with E-state index >= 15 is 0 Å². The minimum Gasteiger partial charge on any atom is -0.466 e. The van der Waals surface area contributed by atoms with Crippen LogP contribution in [0.2, 0.25) is 0 Å². The van der Waals surface area contributed by atoms with E-state index in [9.17, 15) is 19.7 Å². The van der Waals surface area contributed by atoms with Crippen LogP contribution in [0.5, 0.6) is 0 Å². The number of nitrogens with one attached hydrogen (secondary N) is 1. The molecular weight excluding hydrogens is 276 g/mol. The number of anilines is 1. The highest BCUT2D eigenvalue weighted by Gasteiger charge is 2.51. The number of nitrogens with zero attached hydrogens (tertiary/aromatic N) is 1. The SMILES string of the molecule is CCOC(=O)CC1(CC)C(=O)Nc2cccc([N+](=O)[O-])c21. The van der Waals surface area contributed by atoms with Gasteiger partial charge < -0.3 is 10.1 Å². The number of carbonyl (C=O) groups is 2. The van der Waals surface area contributed by atoms with Gasteiger partial charge in [0.25, 0.3) is 5.69 Å². The fraction of sp³-hybridized carbons (Fsp3) is 0.429. The number of hydrogen-bond donors (Lipinski definition) is 1. The minimum absolute atomic E-state index is 0.156. The fourth-order valence-electron chi connectivity index (χ4n) is 2.74. The molecule has 1 N–H and O–H groups in total. The molecule has 0 saturated heterocycles. The number of rotatable bonds is 5. The molecule has 0 bridgehead atoms. The summed E-state index contributed by atoms with van der Waals surface area (Å²) in [5.74, 6) is -0.942. The van der Waals surface area contributed by atoms with Gasteiger partial charge in [0.1, 0.15) is 0 Å². The maximum absolute atomic E-state index is 12.4. The first-order valence-electron chi connectivity index (χ1n) is 6.71. The van der Waals surface area contributed by atoms with Crippen molar-refractivity contribution in [2.45, 2.75) is 32.1 Å². The van der Waals surface area contributed by atoms with Crippen LogP contribution in [0, 0.1) is 10.1 Å². The topological polar surface area (TPSA) is 98.5 Å². The molecule has 0 aromatic heterocycles. The molecule has 1 heterocycles. The molecule has 1 amide bonds. The zero-order chi connectivity index (χ0) is 15.6. The van der Waals surface area contributed by atoms with Crippen LogP contribution in [0.4, 0.5) is 11.4 Å². The molecule has 0 fully saturated rings. The van der Waals surface area contributed by atoms with E-state index in [1.807, 2.05) is 0 Å². The van der Waals surface area contributed by atoms with E-state index in [4.69, 9.17) is 4.74 Å². The van der Waals surface area contributed by atoms with Gasteiger partial charge in [-0.05, 0) is 19.4 Å². The summed E-state index contributed by atoms with van der Waals surface area (Å²) < 4.78 is 4.91. The number of benzene rings is 1. The van der Waals surface area contributed by atoms with Crippen LogP contribution in [-0.2, 0) is 19.7 Å². The van der Waals surface area contributed by atoms with Crippen molar-refractivity contribution in [3.05, 3.63) is 33.9 Å². The van der Waals surface area contributed by atoms with Gasteiger partial charge in [0.2, 0.25) is 5.91 Å². The third-order valence-electron chi connectivity index (χ3n) is 3.76. The summed E-state index contributed by atoms with van der Waals surface area (Å²) in [6.07, 6.45) is 0.0660. The maximum atomic E-state index is 12.4. The lowest BCUT2D eigenvalue weighted by Crippen LogP contribution is -2.37. The number of carbonyl (C=O) groups excluding carboxylic acids is 2. The van der Waals surface area contributed by atoms with E-state index in [0.29, 0.717) is 5.69 Å². The first-order valence-corrected chi connectivity index (χ1v) is 6.71. The Morgan fingerprint density at radius 2 is 2.14 bits per heavy atom. The average molecular weight is 292 g/mol. The average Bonchev–Trinajstić information content (AvgIpc) is 2.71. The number of ether oxygens (including phenoxy) is 1. The molecule has 1 aromatic carbocycles. The molecule has 0 radical (unpaired) electrons. The van der Waals surface area contributed by atoms with Crippen molar-refractivity contribution < 1.29 is 19.2 Å². The van der Waals surface area contributed by atoms with Gasteiger partial charge in [-0.3, -0.25) is 19.7 Å². The van der Waals surface area contributed by atoms with Gasteiger partial charge in [-0.2, -0.15) is 0 Å². The van der Waals surface area contributed by atoms with E-state index < -0.39 is 22.2 Å². The molecule has 2 rings (SSSR count). The molecule has 1 aliphatic heterocycles. The Labute approximate surface area is 121 Å². The molecule has 0 saturated carbocycles. The van der Waals surface area contributed by atoms with Crippen molar-refractivity contribution in [1.29, 1.82) is 0 Å². The highest BCUT2D eigenvalue weighted by molar-refractivity contribution is 6.09. The predicted molar refractivity (Wildman–Crippen MR) is 74.9 cm³/mol. The first-order chi connectivity index (χ1) is 9.96. The normalized spacial score (nSPS) is 19.8. The van der Waals surface area contributed by atoms with Gasteiger partial charge in [0, 0.05) is 6.07 Å². The zero-order valence-corrected chi connectivity index (χ0v) is 11.8. The van der Waals surface area contributed by atoms with Crippen molar-refractivity contribution in [2.75, 3.05) is 11.9 Å². The van der Waals surface area contributed by atoms with E-state index in [1.165, 1.54) is 12.1 Å². The molecule has 7 nitrogen and oxygen atoms in total. The van der Waals surface area contributed by atoms with E-state index in [0.717, 1.165) is 0 Å².